The molecule has 0 atom stereocenters. The molecule has 0 saturated heterocycles. The zero-order chi connectivity index (χ0) is 20.6. The van der Waals surface area contributed by atoms with E-state index in [9.17, 15) is 8.42 Å². The van der Waals surface area contributed by atoms with Crippen LogP contribution < -0.4 is 10.6 Å². The number of nitrogens with one attached hydrogen (secondary N) is 2. The summed E-state index contributed by atoms with van der Waals surface area (Å²) >= 11 is 0. The van der Waals surface area contributed by atoms with Crippen molar-refractivity contribution in [1.82, 2.24) is 15.5 Å². The van der Waals surface area contributed by atoms with Crippen molar-refractivity contribution in [2.24, 2.45) is 4.99 Å². The van der Waals surface area contributed by atoms with Gasteiger partial charge in [0.1, 0.15) is 0 Å². The van der Waals surface area contributed by atoms with Crippen molar-refractivity contribution in [3.05, 3.63) is 29.3 Å². The number of hydrogen-bond acceptors (Lipinski definition) is 4. The van der Waals surface area contributed by atoms with Crippen LogP contribution in [0.15, 0.2) is 28.1 Å². The van der Waals surface area contributed by atoms with Gasteiger partial charge in [0.05, 0.1) is 4.90 Å². The summed E-state index contributed by atoms with van der Waals surface area (Å²) in [5.41, 5.74) is 1.81. The summed E-state index contributed by atoms with van der Waals surface area (Å²) in [4.78, 5) is 7.17. The Bertz CT molecular complexity index is 756. The highest BCUT2D eigenvalue weighted by Crippen LogP contribution is 2.21. The summed E-state index contributed by atoms with van der Waals surface area (Å²) in [6, 6.07) is 6.20. The van der Waals surface area contributed by atoms with Gasteiger partial charge in [-0.25, -0.2) is 8.42 Å². The monoisotopic (exact) mass is 408 g/mol. The van der Waals surface area contributed by atoms with Gasteiger partial charge >= 0.3 is 0 Å². The second-order valence-corrected chi connectivity index (χ2v) is 9.83. The van der Waals surface area contributed by atoms with Gasteiger partial charge in [-0.3, -0.25) is 4.99 Å². The standard InChI is InChI=1S/C21H36N4O2S/c1-17-15-18(11-12-20(17)28(4,26)27)16-24-21(22-2)23-13-8-14-25(3)19-9-6-5-7-10-19/h11-12,15,19H,5-10,13-14,16H2,1-4H3,(H2,22,23,24). The normalized spacial score (nSPS) is 16.4. The molecule has 158 valence electrons. The zero-order valence-corrected chi connectivity index (χ0v) is 18.6. The highest BCUT2D eigenvalue weighted by Gasteiger charge is 2.17. The van der Waals surface area contributed by atoms with Crippen molar-refractivity contribution >= 4 is 15.8 Å². The lowest BCUT2D eigenvalue weighted by Crippen LogP contribution is -2.39. The molecule has 1 fully saturated rings. The van der Waals surface area contributed by atoms with Gasteiger partial charge in [-0.1, -0.05) is 31.4 Å². The minimum Gasteiger partial charge on any atom is -0.356 e. The number of aliphatic imine (C=N–C) groups is 1. The van der Waals surface area contributed by atoms with Gasteiger partial charge in [-0.05, 0) is 57.0 Å². The van der Waals surface area contributed by atoms with E-state index >= 15 is 0 Å². The molecule has 0 unspecified atom stereocenters. The van der Waals surface area contributed by atoms with E-state index in [-0.39, 0.29) is 0 Å². The van der Waals surface area contributed by atoms with Gasteiger partial charge in [0, 0.05) is 32.4 Å². The van der Waals surface area contributed by atoms with Crippen LogP contribution in [0.25, 0.3) is 0 Å². The fourth-order valence-electron chi connectivity index (χ4n) is 3.88. The molecule has 0 amide bonds. The fraction of sp³-hybridized carbons (Fsp3) is 0.667. The maximum absolute atomic E-state index is 11.7. The molecular weight excluding hydrogens is 372 g/mol. The molecule has 0 aromatic heterocycles. The van der Waals surface area contributed by atoms with Crippen molar-refractivity contribution in [1.29, 1.82) is 0 Å². The first-order valence-corrected chi connectivity index (χ1v) is 12.1. The Kier molecular flexibility index (Phi) is 8.76. The minimum atomic E-state index is -3.18. The first kappa shape index (κ1) is 22.7. The van der Waals surface area contributed by atoms with E-state index in [0.717, 1.165) is 42.6 Å². The molecule has 28 heavy (non-hydrogen) atoms. The van der Waals surface area contributed by atoms with Gasteiger partial charge in [0.25, 0.3) is 0 Å². The fourth-order valence-corrected chi connectivity index (χ4v) is 4.84. The highest BCUT2D eigenvalue weighted by atomic mass is 32.2. The van der Waals surface area contributed by atoms with E-state index in [1.165, 1.54) is 38.4 Å². The molecular formula is C21H36N4O2S. The topological polar surface area (TPSA) is 73.8 Å². The van der Waals surface area contributed by atoms with Crippen LogP contribution >= 0.6 is 0 Å². The van der Waals surface area contributed by atoms with Gasteiger partial charge in [0.2, 0.25) is 0 Å². The van der Waals surface area contributed by atoms with E-state index in [1.807, 2.05) is 19.1 Å². The van der Waals surface area contributed by atoms with Crippen LogP contribution in [-0.4, -0.2) is 58.8 Å². The lowest BCUT2D eigenvalue weighted by atomic mass is 9.94. The smallest absolute Gasteiger partial charge is 0.191 e. The van der Waals surface area contributed by atoms with Crippen LogP contribution in [0.1, 0.15) is 49.7 Å². The molecule has 1 saturated carbocycles. The number of guanidine groups is 1. The highest BCUT2D eigenvalue weighted by molar-refractivity contribution is 7.90. The lowest BCUT2D eigenvalue weighted by Gasteiger charge is -2.31. The molecule has 1 aromatic rings. The van der Waals surface area contributed by atoms with Crippen molar-refractivity contribution in [2.45, 2.75) is 62.9 Å². The Morgan fingerprint density at radius 3 is 2.54 bits per heavy atom. The van der Waals surface area contributed by atoms with Gasteiger partial charge in [-0.2, -0.15) is 0 Å². The minimum absolute atomic E-state index is 0.390. The summed E-state index contributed by atoms with van der Waals surface area (Å²) in [6.45, 7) is 4.41. The largest absolute Gasteiger partial charge is 0.356 e. The average Bonchev–Trinajstić information content (AvgIpc) is 2.67. The Labute approximate surface area is 170 Å². The molecule has 1 aromatic carbocycles. The molecule has 0 heterocycles. The van der Waals surface area contributed by atoms with Crippen molar-refractivity contribution in [3.8, 4) is 0 Å². The zero-order valence-electron chi connectivity index (χ0n) is 17.8. The third-order valence-corrected chi connectivity index (χ3v) is 6.76. The third kappa shape index (κ3) is 7.09. The van der Waals surface area contributed by atoms with E-state index in [0.29, 0.717) is 11.4 Å². The van der Waals surface area contributed by atoms with Crippen LogP contribution in [0, 0.1) is 6.92 Å². The Morgan fingerprint density at radius 2 is 1.93 bits per heavy atom. The number of rotatable bonds is 8. The maximum Gasteiger partial charge on any atom is 0.191 e. The first-order valence-electron chi connectivity index (χ1n) is 10.3. The SMILES string of the molecule is CN=C(NCCCN(C)C1CCCCC1)NCc1ccc(S(C)(=O)=O)c(C)c1. The molecule has 7 heteroatoms. The summed E-state index contributed by atoms with van der Waals surface area (Å²) < 4.78 is 23.4. The molecule has 6 nitrogen and oxygen atoms in total. The number of hydrogen-bond donors (Lipinski definition) is 2. The molecule has 1 aliphatic rings. The van der Waals surface area contributed by atoms with E-state index < -0.39 is 9.84 Å². The summed E-state index contributed by atoms with van der Waals surface area (Å²) in [6.07, 6.45) is 9.13. The van der Waals surface area contributed by atoms with Gasteiger partial charge < -0.3 is 15.5 Å². The number of aryl methyl sites for hydroxylation is 1. The van der Waals surface area contributed by atoms with Crippen LogP contribution in [0.5, 0.6) is 0 Å². The van der Waals surface area contributed by atoms with Crippen molar-refractivity contribution < 1.29 is 8.42 Å². The Morgan fingerprint density at radius 1 is 1.21 bits per heavy atom. The Balaban J connectivity index is 1.73. The molecule has 0 bridgehead atoms. The predicted octanol–water partition coefficient (Wildman–Crippen LogP) is 2.72. The molecule has 2 rings (SSSR count). The quantitative estimate of drug-likeness (QED) is 0.393. The van der Waals surface area contributed by atoms with Gasteiger partial charge in [0.15, 0.2) is 15.8 Å². The summed E-state index contributed by atoms with van der Waals surface area (Å²) in [5.74, 6) is 0.769. The summed E-state index contributed by atoms with van der Waals surface area (Å²) in [7, 11) is 0.830. The van der Waals surface area contributed by atoms with Crippen LogP contribution in [0.4, 0.5) is 0 Å². The number of benzene rings is 1. The number of sulfone groups is 1. The van der Waals surface area contributed by atoms with Crippen molar-refractivity contribution in [3.63, 3.8) is 0 Å². The maximum atomic E-state index is 11.7. The second-order valence-electron chi connectivity index (χ2n) is 7.85. The predicted molar refractivity (Wildman–Crippen MR) is 117 cm³/mol. The van der Waals surface area contributed by atoms with E-state index in [1.54, 1.807) is 13.1 Å². The summed E-state index contributed by atoms with van der Waals surface area (Å²) in [5, 5.41) is 6.66. The third-order valence-electron chi connectivity index (χ3n) is 5.50. The number of nitrogens with zero attached hydrogens (tertiary/aromatic N) is 2. The molecule has 2 N–H and O–H groups in total. The second kappa shape index (κ2) is 10.8. The van der Waals surface area contributed by atoms with E-state index in [4.69, 9.17) is 0 Å². The molecule has 1 aliphatic carbocycles. The van der Waals surface area contributed by atoms with Crippen LogP contribution in [0.2, 0.25) is 0 Å². The first-order chi connectivity index (χ1) is 13.3. The average molecular weight is 409 g/mol. The van der Waals surface area contributed by atoms with Crippen molar-refractivity contribution in [2.75, 3.05) is 33.4 Å². The Hall–Kier alpha value is -1.60. The lowest BCUT2D eigenvalue weighted by molar-refractivity contribution is 0.190. The van der Waals surface area contributed by atoms with Crippen LogP contribution in [-0.2, 0) is 16.4 Å². The van der Waals surface area contributed by atoms with Crippen LogP contribution in [0.3, 0.4) is 0 Å². The molecule has 0 radical (unpaired) electrons. The van der Waals surface area contributed by atoms with Gasteiger partial charge in [-0.15, -0.1) is 0 Å². The van der Waals surface area contributed by atoms with E-state index in [2.05, 4.69) is 27.6 Å². The molecule has 0 spiro atoms. The molecule has 0 aliphatic heterocycles.